The number of ketones is 1. The quantitative estimate of drug-likeness (QED) is 0.338. The van der Waals surface area contributed by atoms with Crippen LogP contribution in [0.5, 0.6) is 0 Å². The number of amides is 1. The van der Waals surface area contributed by atoms with Gasteiger partial charge in [0.15, 0.2) is 0 Å². The first kappa shape index (κ1) is 23.5. The minimum Gasteiger partial charge on any atom is -0.464 e. The van der Waals surface area contributed by atoms with Crippen molar-refractivity contribution in [3.05, 3.63) is 35.4 Å². The average molecular weight is 428 g/mol. The molecule has 0 spiro atoms. The van der Waals surface area contributed by atoms with Crippen LogP contribution in [0.25, 0.3) is 0 Å². The third-order valence-corrected chi connectivity index (χ3v) is 7.20. The predicted molar refractivity (Wildman–Crippen MR) is 120 cm³/mol. The van der Waals surface area contributed by atoms with Gasteiger partial charge in [0.1, 0.15) is 6.04 Å². The van der Waals surface area contributed by atoms with Crippen LogP contribution in [0.1, 0.15) is 83.3 Å². The Morgan fingerprint density at radius 1 is 1.06 bits per heavy atom. The number of hydrogen-bond acceptors (Lipinski definition) is 4. The second kappa shape index (κ2) is 10.4. The molecule has 0 bridgehead atoms. The first-order chi connectivity index (χ1) is 14.8. The molecule has 5 nitrogen and oxygen atoms in total. The fourth-order valence-electron chi connectivity index (χ4n) is 4.64. The molecule has 0 saturated heterocycles. The molecule has 1 heterocycles. The number of hydrogen-bond donors (Lipinski definition) is 0. The van der Waals surface area contributed by atoms with Crippen LogP contribution in [0.3, 0.4) is 0 Å². The zero-order valence-electron chi connectivity index (χ0n) is 19.3. The average Bonchev–Trinajstić information content (AvgIpc) is 2.80. The van der Waals surface area contributed by atoms with E-state index in [4.69, 9.17) is 4.74 Å². The molecule has 0 aromatic heterocycles. The number of esters is 1. The van der Waals surface area contributed by atoms with Crippen LogP contribution in [0.15, 0.2) is 24.3 Å². The van der Waals surface area contributed by atoms with Crippen molar-refractivity contribution in [1.29, 1.82) is 0 Å². The largest absolute Gasteiger partial charge is 0.464 e. The summed E-state index contributed by atoms with van der Waals surface area (Å²) in [6.07, 6.45) is 9.43. The Balaban J connectivity index is 1.66. The minimum absolute atomic E-state index is 0.266. The summed E-state index contributed by atoms with van der Waals surface area (Å²) >= 11 is 0. The molecule has 0 radical (unpaired) electrons. The van der Waals surface area contributed by atoms with E-state index in [9.17, 15) is 14.4 Å². The number of fused-ring (bicyclic) bond motifs is 1. The molecule has 1 fully saturated rings. The van der Waals surface area contributed by atoms with Gasteiger partial charge in [0.25, 0.3) is 5.91 Å². The van der Waals surface area contributed by atoms with Crippen LogP contribution in [-0.4, -0.2) is 35.2 Å². The van der Waals surface area contributed by atoms with E-state index in [0.717, 1.165) is 29.9 Å². The second-order valence-electron chi connectivity index (χ2n) is 9.80. The molecule has 1 aliphatic carbocycles. The van der Waals surface area contributed by atoms with Crippen LogP contribution in [-0.2, 0) is 32.1 Å². The zero-order valence-corrected chi connectivity index (χ0v) is 19.3. The molecule has 0 N–H and O–H groups in total. The number of carbonyl (C=O) groups excluding carboxylic acids is 3. The fraction of sp³-hybridized carbons (Fsp3) is 0.654. The SMILES string of the molecule is CCC(C)(C)C(=O)C(=O)N1Cc2ccccc2C[C@H]1C(=O)OCCCC1CCCCC1. The van der Waals surface area contributed by atoms with Gasteiger partial charge in [0, 0.05) is 18.4 Å². The molecule has 1 saturated carbocycles. The monoisotopic (exact) mass is 427 g/mol. The normalized spacial score (nSPS) is 19.6. The molecule has 1 aliphatic heterocycles. The van der Waals surface area contributed by atoms with Crippen molar-refractivity contribution in [3.8, 4) is 0 Å². The van der Waals surface area contributed by atoms with E-state index in [1.54, 1.807) is 13.8 Å². The van der Waals surface area contributed by atoms with Crippen molar-refractivity contribution < 1.29 is 19.1 Å². The van der Waals surface area contributed by atoms with Crippen molar-refractivity contribution in [2.45, 2.75) is 91.1 Å². The Morgan fingerprint density at radius 2 is 1.74 bits per heavy atom. The van der Waals surface area contributed by atoms with Crippen LogP contribution < -0.4 is 0 Å². The topological polar surface area (TPSA) is 63.7 Å². The molecule has 170 valence electrons. The van der Waals surface area contributed by atoms with Crippen molar-refractivity contribution in [3.63, 3.8) is 0 Å². The van der Waals surface area contributed by atoms with Crippen molar-refractivity contribution >= 4 is 17.7 Å². The first-order valence-corrected chi connectivity index (χ1v) is 11.9. The van der Waals surface area contributed by atoms with Crippen LogP contribution in [0.4, 0.5) is 0 Å². The van der Waals surface area contributed by atoms with Gasteiger partial charge in [-0.3, -0.25) is 9.59 Å². The van der Waals surface area contributed by atoms with Gasteiger partial charge >= 0.3 is 5.97 Å². The van der Waals surface area contributed by atoms with Gasteiger partial charge in [-0.15, -0.1) is 0 Å². The first-order valence-electron chi connectivity index (χ1n) is 11.9. The zero-order chi connectivity index (χ0) is 22.4. The molecule has 2 aliphatic rings. The van der Waals surface area contributed by atoms with Gasteiger partial charge in [-0.2, -0.15) is 0 Å². The fourth-order valence-corrected chi connectivity index (χ4v) is 4.64. The van der Waals surface area contributed by atoms with Crippen molar-refractivity contribution in [2.24, 2.45) is 11.3 Å². The Hall–Kier alpha value is -2.17. The third kappa shape index (κ3) is 5.75. The number of benzene rings is 1. The smallest absolute Gasteiger partial charge is 0.329 e. The maximum absolute atomic E-state index is 13.1. The van der Waals surface area contributed by atoms with Gasteiger partial charge in [0.05, 0.1) is 6.61 Å². The standard InChI is InChI=1S/C26H37NO4/c1-4-26(2,3)23(28)24(29)27-18-21-15-9-8-14-20(21)17-22(27)25(30)31-16-10-13-19-11-6-5-7-12-19/h8-9,14-15,19,22H,4-7,10-13,16-18H2,1-3H3/t22-/m0/s1. The van der Waals surface area contributed by atoms with E-state index >= 15 is 0 Å². The van der Waals surface area contributed by atoms with E-state index < -0.39 is 29.1 Å². The lowest BCUT2D eigenvalue weighted by Gasteiger charge is -2.36. The summed E-state index contributed by atoms with van der Waals surface area (Å²) < 4.78 is 5.62. The molecule has 5 heteroatoms. The van der Waals surface area contributed by atoms with E-state index in [-0.39, 0.29) is 6.54 Å². The van der Waals surface area contributed by atoms with Crippen LogP contribution in [0.2, 0.25) is 0 Å². The molecule has 1 amide bonds. The summed E-state index contributed by atoms with van der Waals surface area (Å²) in [7, 11) is 0. The molecular formula is C26H37NO4. The molecule has 1 atom stereocenters. The number of rotatable bonds is 8. The van der Waals surface area contributed by atoms with Gasteiger partial charge in [0.2, 0.25) is 5.78 Å². The number of Topliss-reactive ketones (excluding diaryl/α,β-unsaturated/α-hetero) is 1. The predicted octanol–water partition coefficient (Wildman–Crippen LogP) is 4.85. The Kier molecular flexibility index (Phi) is 7.90. The number of ether oxygens (including phenoxy) is 1. The lowest BCUT2D eigenvalue weighted by Crippen LogP contribution is -2.53. The summed E-state index contributed by atoms with van der Waals surface area (Å²) in [5.41, 5.74) is 1.28. The highest BCUT2D eigenvalue weighted by Crippen LogP contribution is 2.29. The number of carbonyl (C=O) groups is 3. The maximum atomic E-state index is 13.1. The maximum Gasteiger partial charge on any atom is 0.329 e. The summed E-state index contributed by atoms with van der Waals surface area (Å²) in [4.78, 5) is 40.4. The van der Waals surface area contributed by atoms with E-state index in [0.29, 0.717) is 19.4 Å². The van der Waals surface area contributed by atoms with Gasteiger partial charge in [-0.1, -0.05) is 77.1 Å². The van der Waals surface area contributed by atoms with Crippen LogP contribution >= 0.6 is 0 Å². The third-order valence-electron chi connectivity index (χ3n) is 7.20. The molecule has 1 aromatic carbocycles. The lowest BCUT2D eigenvalue weighted by atomic mass is 9.83. The van der Waals surface area contributed by atoms with Gasteiger partial charge < -0.3 is 9.64 Å². The van der Waals surface area contributed by atoms with E-state index in [1.807, 2.05) is 31.2 Å². The number of nitrogens with zero attached hydrogens (tertiary/aromatic N) is 1. The molecular weight excluding hydrogens is 390 g/mol. The molecule has 1 aromatic rings. The van der Waals surface area contributed by atoms with Gasteiger partial charge in [-0.05, 0) is 36.3 Å². The van der Waals surface area contributed by atoms with Crippen molar-refractivity contribution in [2.75, 3.05) is 6.61 Å². The summed E-state index contributed by atoms with van der Waals surface area (Å²) in [5.74, 6) is -0.662. The van der Waals surface area contributed by atoms with Crippen LogP contribution in [0, 0.1) is 11.3 Å². The molecule has 3 rings (SSSR count). The second-order valence-corrected chi connectivity index (χ2v) is 9.80. The van der Waals surface area contributed by atoms with E-state index in [2.05, 4.69) is 0 Å². The highest BCUT2D eigenvalue weighted by Gasteiger charge is 2.41. The van der Waals surface area contributed by atoms with Gasteiger partial charge in [-0.25, -0.2) is 4.79 Å². The molecule has 0 unspecified atom stereocenters. The van der Waals surface area contributed by atoms with Crippen molar-refractivity contribution in [1.82, 2.24) is 4.90 Å². The Morgan fingerprint density at radius 3 is 2.42 bits per heavy atom. The minimum atomic E-state index is -0.748. The lowest BCUT2D eigenvalue weighted by molar-refractivity contribution is -0.160. The Bertz CT molecular complexity index is 794. The summed E-state index contributed by atoms with van der Waals surface area (Å²) in [6, 6.07) is 7.06. The highest BCUT2D eigenvalue weighted by molar-refractivity contribution is 6.38. The Labute approximate surface area is 186 Å². The molecule has 31 heavy (non-hydrogen) atoms. The van der Waals surface area contributed by atoms with E-state index in [1.165, 1.54) is 37.0 Å². The highest BCUT2D eigenvalue weighted by atomic mass is 16.5. The summed E-state index contributed by atoms with van der Waals surface area (Å²) in [6.45, 7) is 6.11. The summed E-state index contributed by atoms with van der Waals surface area (Å²) in [5, 5.41) is 0.